The zero-order valence-corrected chi connectivity index (χ0v) is 7.26. The topological polar surface area (TPSA) is 38.9 Å². The average Bonchev–Trinajstić information content (AvgIpc) is 1.86. The van der Waals surface area contributed by atoms with Gasteiger partial charge in [0, 0.05) is 17.4 Å². The van der Waals surface area contributed by atoms with Crippen LogP contribution >= 0.6 is 0 Å². The average molecular weight is 150 g/mol. The van der Waals surface area contributed by atoms with Gasteiger partial charge in [-0.15, -0.1) is 0 Å². The Hall–Kier alpha value is -0.890. The summed E-state index contributed by atoms with van der Waals surface area (Å²) in [6.07, 6.45) is 1.83. The zero-order valence-electron chi connectivity index (χ0n) is 7.26. The van der Waals surface area contributed by atoms with Crippen LogP contribution in [0.5, 0.6) is 0 Å². The maximum absolute atomic E-state index is 5.87. The van der Waals surface area contributed by atoms with E-state index < -0.39 is 0 Å². The monoisotopic (exact) mass is 150 g/mol. The molecule has 1 heterocycles. The summed E-state index contributed by atoms with van der Waals surface area (Å²) in [5.41, 5.74) is 7.69. The van der Waals surface area contributed by atoms with Crippen molar-refractivity contribution in [2.24, 2.45) is 5.73 Å². The standard InChI is InChI=1S/C9H14N2/c1-7-4-5-8(6-11-7)9(2,3)10/h4-6H,10H2,1-3H3. The summed E-state index contributed by atoms with van der Waals surface area (Å²) >= 11 is 0. The highest BCUT2D eigenvalue weighted by Gasteiger charge is 2.13. The summed E-state index contributed by atoms with van der Waals surface area (Å²) in [6.45, 7) is 5.91. The quantitative estimate of drug-likeness (QED) is 0.660. The minimum absolute atomic E-state index is 0.277. The van der Waals surface area contributed by atoms with E-state index in [4.69, 9.17) is 5.73 Å². The van der Waals surface area contributed by atoms with Crippen LogP contribution in [0, 0.1) is 6.92 Å². The molecular formula is C9H14N2. The van der Waals surface area contributed by atoms with Crippen LogP contribution in [0.15, 0.2) is 18.3 Å². The number of pyridine rings is 1. The van der Waals surface area contributed by atoms with Gasteiger partial charge in [-0.05, 0) is 32.4 Å². The van der Waals surface area contributed by atoms with Crippen molar-refractivity contribution < 1.29 is 0 Å². The van der Waals surface area contributed by atoms with Crippen LogP contribution in [-0.2, 0) is 5.54 Å². The van der Waals surface area contributed by atoms with E-state index in [1.807, 2.05) is 39.1 Å². The highest BCUT2D eigenvalue weighted by molar-refractivity contribution is 5.19. The number of rotatable bonds is 1. The Morgan fingerprint density at radius 3 is 2.36 bits per heavy atom. The molecule has 0 radical (unpaired) electrons. The van der Waals surface area contributed by atoms with Crippen molar-refractivity contribution in [1.82, 2.24) is 4.98 Å². The lowest BCUT2D eigenvalue weighted by Gasteiger charge is -2.18. The minimum atomic E-state index is -0.277. The first-order valence-corrected chi connectivity index (χ1v) is 3.72. The van der Waals surface area contributed by atoms with Gasteiger partial charge in [0.2, 0.25) is 0 Å². The first-order valence-electron chi connectivity index (χ1n) is 3.72. The zero-order chi connectivity index (χ0) is 8.48. The Morgan fingerprint density at radius 1 is 1.36 bits per heavy atom. The summed E-state index contributed by atoms with van der Waals surface area (Å²) < 4.78 is 0. The minimum Gasteiger partial charge on any atom is -0.322 e. The molecule has 1 aromatic rings. The lowest BCUT2D eigenvalue weighted by atomic mass is 9.97. The highest BCUT2D eigenvalue weighted by Crippen LogP contribution is 2.14. The fraction of sp³-hybridized carbons (Fsp3) is 0.444. The molecule has 0 saturated carbocycles. The molecule has 1 aromatic heterocycles. The predicted octanol–water partition coefficient (Wildman–Crippen LogP) is 1.58. The van der Waals surface area contributed by atoms with E-state index >= 15 is 0 Å². The number of hydrogen-bond donors (Lipinski definition) is 1. The van der Waals surface area contributed by atoms with E-state index in [-0.39, 0.29) is 5.54 Å². The van der Waals surface area contributed by atoms with Gasteiger partial charge in [-0.2, -0.15) is 0 Å². The van der Waals surface area contributed by atoms with Crippen LogP contribution in [0.25, 0.3) is 0 Å². The Morgan fingerprint density at radius 2 is 2.00 bits per heavy atom. The predicted molar refractivity (Wildman–Crippen MR) is 46.2 cm³/mol. The number of nitrogens with two attached hydrogens (primary N) is 1. The fourth-order valence-electron chi connectivity index (χ4n) is 0.849. The Labute approximate surface area is 67.5 Å². The van der Waals surface area contributed by atoms with Crippen molar-refractivity contribution in [3.05, 3.63) is 29.6 Å². The Balaban J connectivity index is 2.99. The summed E-state index contributed by atoms with van der Waals surface area (Å²) in [4.78, 5) is 4.17. The molecule has 0 saturated heterocycles. The smallest absolute Gasteiger partial charge is 0.0372 e. The summed E-state index contributed by atoms with van der Waals surface area (Å²) in [7, 11) is 0. The lowest BCUT2D eigenvalue weighted by molar-refractivity contribution is 0.551. The molecule has 11 heavy (non-hydrogen) atoms. The normalized spacial score (nSPS) is 11.6. The molecule has 0 unspecified atom stereocenters. The van der Waals surface area contributed by atoms with Gasteiger partial charge in [-0.25, -0.2) is 0 Å². The second-order valence-electron chi connectivity index (χ2n) is 3.41. The maximum atomic E-state index is 5.87. The first-order chi connectivity index (χ1) is 5.00. The molecule has 0 aliphatic rings. The third kappa shape index (κ3) is 2.02. The summed E-state index contributed by atoms with van der Waals surface area (Å²) in [5, 5.41) is 0. The van der Waals surface area contributed by atoms with Crippen LogP contribution in [0.4, 0.5) is 0 Å². The second kappa shape index (κ2) is 2.62. The summed E-state index contributed by atoms with van der Waals surface area (Å²) in [5.74, 6) is 0. The Bertz CT molecular complexity index is 231. The largest absolute Gasteiger partial charge is 0.322 e. The maximum Gasteiger partial charge on any atom is 0.0372 e. The first kappa shape index (κ1) is 8.21. The van der Waals surface area contributed by atoms with E-state index in [0.717, 1.165) is 11.3 Å². The molecular weight excluding hydrogens is 136 g/mol. The molecule has 0 aliphatic heterocycles. The molecule has 0 bridgehead atoms. The highest BCUT2D eigenvalue weighted by atomic mass is 14.7. The van der Waals surface area contributed by atoms with Gasteiger partial charge in [-0.1, -0.05) is 6.07 Å². The van der Waals surface area contributed by atoms with E-state index in [9.17, 15) is 0 Å². The van der Waals surface area contributed by atoms with Crippen molar-refractivity contribution in [2.45, 2.75) is 26.3 Å². The molecule has 2 nitrogen and oxygen atoms in total. The molecule has 0 amide bonds. The van der Waals surface area contributed by atoms with Crippen LogP contribution < -0.4 is 5.73 Å². The van der Waals surface area contributed by atoms with Gasteiger partial charge in [0.1, 0.15) is 0 Å². The van der Waals surface area contributed by atoms with Crippen LogP contribution in [0.2, 0.25) is 0 Å². The lowest BCUT2D eigenvalue weighted by Crippen LogP contribution is -2.28. The summed E-state index contributed by atoms with van der Waals surface area (Å²) in [6, 6.07) is 3.99. The number of aryl methyl sites for hydroxylation is 1. The molecule has 60 valence electrons. The van der Waals surface area contributed by atoms with Gasteiger partial charge in [-0.3, -0.25) is 4.98 Å². The SMILES string of the molecule is Cc1ccc(C(C)(C)N)cn1. The van der Waals surface area contributed by atoms with E-state index in [2.05, 4.69) is 4.98 Å². The van der Waals surface area contributed by atoms with Crippen molar-refractivity contribution >= 4 is 0 Å². The molecule has 0 spiro atoms. The molecule has 2 N–H and O–H groups in total. The van der Waals surface area contributed by atoms with E-state index in [0.29, 0.717) is 0 Å². The molecule has 0 aromatic carbocycles. The number of aromatic nitrogens is 1. The van der Waals surface area contributed by atoms with Crippen LogP contribution in [-0.4, -0.2) is 4.98 Å². The third-order valence-electron chi connectivity index (χ3n) is 1.66. The van der Waals surface area contributed by atoms with Gasteiger partial charge >= 0.3 is 0 Å². The van der Waals surface area contributed by atoms with Gasteiger partial charge < -0.3 is 5.73 Å². The van der Waals surface area contributed by atoms with Crippen molar-refractivity contribution in [1.29, 1.82) is 0 Å². The van der Waals surface area contributed by atoms with Gasteiger partial charge in [0.05, 0.1) is 0 Å². The van der Waals surface area contributed by atoms with Crippen molar-refractivity contribution in [2.75, 3.05) is 0 Å². The van der Waals surface area contributed by atoms with E-state index in [1.165, 1.54) is 0 Å². The second-order valence-corrected chi connectivity index (χ2v) is 3.41. The van der Waals surface area contributed by atoms with Crippen molar-refractivity contribution in [3.63, 3.8) is 0 Å². The molecule has 0 fully saturated rings. The van der Waals surface area contributed by atoms with Crippen LogP contribution in [0.1, 0.15) is 25.1 Å². The fourth-order valence-corrected chi connectivity index (χ4v) is 0.849. The van der Waals surface area contributed by atoms with E-state index in [1.54, 1.807) is 0 Å². The Kier molecular flexibility index (Phi) is 1.96. The molecule has 2 heteroatoms. The molecule has 0 aliphatic carbocycles. The third-order valence-corrected chi connectivity index (χ3v) is 1.66. The number of hydrogen-bond acceptors (Lipinski definition) is 2. The molecule has 1 rings (SSSR count). The van der Waals surface area contributed by atoms with Crippen molar-refractivity contribution in [3.8, 4) is 0 Å². The van der Waals surface area contributed by atoms with Gasteiger partial charge in [0.15, 0.2) is 0 Å². The number of nitrogens with zero attached hydrogens (tertiary/aromatic N) is 1. The van der Waals surface area contributed by atoms with Gasteiger partial charge in [0.25, 0.3) is 0 Å². The molecule has 0 atom stereocenters. The van der Waals surface area contributed by atoms with Crippen LogP contribution in [0.3, 0.4) is 0 Å².